The van der Waals surface area contributed by atoms with Crippen LogP contribution in [0.3, 0.4) is 0 Å². The predicted octanol–water partition coefficient (Wildman–Crippen LogP) is 2.14. The first-order chi connectivity index (χ1) is 9.63. The van der Waals surface area contributed by atoms with Gasteiger partial charge in [-0.05, 0) is 45.0 Å². The normalized spacial score (nSPS) is 23.8. The summed E-state index contributed by atoms with van der Waals surface area (Å²) in [5, 5.41) is 0. The van der Waals surface area contributed by atoms with Crippen LogP contribution in [0.2, 0.25) is 0 Å². The van der Waals surface area contributed by atoms with E-state index >= 15 is 0 Å². The Bertz CT molecular complexity index is 392. The standard InChI is InChI=1S/C17H29N3/c1-14(15-8-5-4-6-9-15)17(12-18)20(3)16-10-7-11-19(2)13-16/h4-6,8-9,14,16-17H,7,10-13,18H2,1-3H3. The summed E-state index contributed by atoms with van der Waals surface area (Å²) in [4.78, 5) is 4.96. The van der Waals surface area contributed by atoms with Crippen molar-refractivity contribution in [2.75, 3.05) is 33.7 Å². The minimum absolute atomic E-state index is 0.411. The van der Waals surface area contributed by atoms with Crippen LogP contribution in [0, 0.1) is 0 Å². The molecular weight excluding hydrogens is 246 g/mol. The monoisotopic (exact) mass is 275 g/mol. The third-order valence-corrected chi connectivity index (χ3v) is 4.84. The molecule has 3 heteroatoms. The molecular formula is C17H29N3. The van der Waals surface area contributed by atoms with Crippen LogP contribution >= 0.6 is 0 Å². The molecule has 3 unspecified atom stereocenters. The largest absolute Gasteiger partial charge is 0.329 e. The summed E-state index contributed by atoms with van der Waals surface area (Å²) in [5.74, 6) is 0.471. The van der Waals surface area contributed by atoms with Crippen LogP contribution in [-0.4, -0.2) is 55.6 Å². The lowest BCUT2D eigenvalue weighted by Crippen LogP contribution is -2.52. The molecule has 2 N–H and O–H groups in total. The van der Waals surface area contributed by atoms with Gasteiger partial charge in [-0.15, -0.1) is 0 Å². The highest BCUT2D eigenvalue weighted by molar-refractivity contribution is 5.20. The Morgan fingerprint density at radius 3 is 2.65 bits per heavy atom. The highest BCUT2D eigenvalue weighted by Crippen LogP contribution is 2.25. The number of piperidine rings is 1. The van der Waals surface area contributed by atoms with E-state index in [2.05, 4.69) is 61.2 Å². The molecule has 0 bridgehead atoms. The van der Waals surface area contributed by atoms with Gasteiger partial charge in [0.25, 0.3) is 0 Å². The average Bonchev–Trinajstić information content (AvgIpc) is 2.48. The fourth-order valence-corrected chi connectivity index (χ4v) is 3.44. The summed E-state index contributed by atoms with van der Waals surface area (Å²) < 4.78 is 0. The Morgan fingerprint density at radius 1 is 1.35 bits per heavy atom. The molecule has 0 radical (unpaired) electrons. The van der Waals surface area contributed by atoms with Gasteiger partial charge in [-0.3, -0.25) is 4.90 Å². The number of hydrogen-bond acceptors (Lipinski definition) is 3. The van der Waals surface area contributed by atoms with Crippen molar-refractivity contribution < 1.29 is 0 Å². The topological polar surface area (TPSA) is 32.5 Å². The molecule has 1 saturated heterocycles. The number of nitrogens with two attached hydrogens (primary N) is 1. The number of rotatable bonds is 5. The van der Waals surface area contributed by atoms with Gasteiger partial charge in [0.1, 0.15) is 0 Å². The minimum Gasteiger partial charge on any atom is -0.329 e. The van der Waals surface area contributed by atoms with E-state index in [0.717, 1.165) is 6.54 Å². The summed E-state index contributed by atoms with van der Waals surface area (Å²) in [6.07, 6.45) is 2.58. The van der Waals surface area contributed by atoms with Gasteiger partial charge >= 0.3 is 0 Å². The molecule has 1 heterocycles. The average molecular weight is 275 g/mol. The maximum absolute atomic E-state index is 6.10. The molecule has 2 rings (SSSR count). The van der Waals surface area contributed by atoms with Gasteiger partial charge in [-0.25, -0.2) is 0 Å². The Kier molecular flexibility index (Phi) is 5.58. The van der Waals surface area contributed by atoms with Crippen LogP contribution < -0.4 is 5.73 Å². The van der Waals surface area contributed by atoms with Gasteiger partial charge in [-0.2, -0.15) is 0 Å². The van der Waals surface area contributed by atoms with E-state index in [1.54, 1.807) is 0 Å². The first-order valence-electron chi connectivity index (χ1n) is 7.79. The SMILES string of the molecule is CC(c1ccccc1)C(CN)N(C)C1CCCN(C)C1. The number of likely N-dealkylation sites (N-methyl/N-ethyl adjacent to an activating group) is 2. The van der Waals surface area contributed by atoms with Crippen molar-refractivity contribution >= 4 is 0 Å². The van der Waals surface area contributed by atoms with E-state index in [9.17, 15) is 0 Å². The van der Waals surface area contributed by atoms with E-state index in [0.29, 0.717) is 24.5 Å². The summed E-state index contributed by atoms with van der Waals surface area (Å²) in [6.45, 7) is 5.41. The highest BCUT2D eigenvalue weighted by Gasteiger charge is 2.29. The quantitative estimate of drug-likeness (QED) is 0.893. The van der Waals surface area contributed by atoms with Gasteiger partial charge < -0.3 is 10.6 Å². The zero-order valence-electron chi connectivity index (χ0n) is 13.1. The molecule has 20 heavy (non-hydrogen) atoms. The van der Waals surface area contributed by atoms with E-state index in [1.165, 1.54) is 24.9 Å². The van der Waals surface area contributed by atoms with Gasteiger partial charge in [0, 0.05) is 25.2 Å². The summed E-state index contributed by atoms with van der Waals surface area (Å²) >= 11 is 0. The third kappa shape index (κ3) is 3.60. The first-order valence-corrected chi connectivity index (χ1v) is 7.79. The van der Waals surface area contributed by atoms with Crippen molar-refractivity contribution in [2.45, 2.75) is 37.8 Å². The molecule has 1 aliphatic rings. The second-order valence-corrected chi connectivity index (χ2v) is 6.23. The van der Waals surface area contributed by atoms with Crippen LogP contribution in [-0.2, 0) is 0 Å². The van der Waals surface area contributed by atoms with Crippen LogP contribution in [0.4, 0.5) is 0 Å². The van der Waals surface area contributed by atoms with E-state index in [-0.39, 0.29) is 0 Å². The number of nitrogens with zero attached hydrogens (tertiary/aromatic N) is 2. The van der Waals surface area contributed by atoms with Gasteiger partial charge in [0.2, 0.25) is 0 Å². The third-order valence-electron chi connectivity index (χ3n) is 4.84. The van der Waals surface area contributed by atoms with Crippen LogP contribution in [0.25, 0.3) is 0 Å². The second-order valence-electron chi connectivity index (χ2n) is 6.23. The molecule has 1 aromatic carbocycles. The lowest BCUT2D eigenvalue weighted by Gasteiger charge is -2.42. The fourth-order valence-electron chi connectivity index (χ4n) is 3.44. The molecule has 3 nitrogen and oxygen atoms in total. The smallest absolute Gasteiger partial charge is 0.0284 e. The molecule has 0 saturated carbocycles. The Labute approximate surface area is 123 Å². The minimum atomic E-state index is 0.411. The van der Waals surface area contributed by atoms with Crippen molar-refractivity contribution in [1.29, 1.82) is 0 Å². The molecule has 3 atom stereocenters. The van der Waals surface area contributed by atoms with Crippen LogP contribution in [0.15, 0.2) is 30.3 Å². The van der Waals surface area contributed by atoms with Crippen molar-refractivity contribution in [3.8, 4) is 0 Å². The Hall–Kier alpha value is -0.900. The number of likely N-dealkylation sites (tertiary alicyclic amines) is 1. The van der Waals surface area contributed by atoms with E-state index in [1.807, 2.05) is 0 Å². The highest BCUT2D eigenvalue weighted by atomic mass is 15.2. The predicted molar refractivity (Wildman–Crippen MR) is 86.0 cm³/mol. The van der Waals surface area contributed by atoms with E-state index in [4.69, 9.17) is 5.73 Å². The summed E-state index contributed by atoms with van der Waals surface area (Å²) in [7, 11) is 4.47. The Balaban J connectivity index is 2.06. The van der Waals surface area contributed by atoms with Crippen molar-refractivity contribution in [2.24, 2.45) is 5.73 Å². The van der Waals surface area contributed by atoms with Crippen molar-refractivity contribution in [3.63, 3.8) is 0 Å². The number of hydrogen-bond donors (Lipinski definition) is 1. The van der Waals surface area contributed by atoms with Crippen LogP contribution in [0.1, 0.15) is 31.2 Å². The molecule has 0 spiro atoms. The van der Waals surface area contributed by atoms with E-state index < -0.39 is 0 Å². The maximum atomic E-state index is 6.10. The van der Waals surface area contributed by atoms with Crippen molar-refractivity contribution in [3.05, 3.63) is 35.9 Å². The molecule has 1 aromatic rings. The molecule has 1 aliphatic heterocycles. The summed E-state index contributed by atoms with van der Waals surface area (Å²) in [6, 6.07) is 11.8. The lowest BCUT2D eigenvalue weighted by molar-refractivity contribution is 0.0918. The molecule has 0 amide bonds. The summed E-state index contributed by atoms with van der Waals surface area (Å²) in [5.41, 5.74) is 7.49. The molecule has 1 fully saturated rings. The molecule has 112 valence electrons. The molecule has 0 aliphatic carbocycles. The van der Waals surface area contributed by atoms with Crippen LogP contribution in [0.5, 0.6) is 0 Å². The van der Waals surface area contributed by atoms with Gasteiger partial charge in [0.15, 0.2) is 0 Å². The molecule has 0 aromatic heterocycles. The van der Waals surface area contributed by atoms with Gasteiger partial charge in [-0.1, -0.05) is 37.3 Å². The maximum Gasteiger partial charge on any atom is 0.0284 e. The Morgan fingerprint density at radius 2 is 2.05 bits per heavy atom. The van der Waals surface area contributed by atoms with Gasteiger partial charge in [0.05, 0.1) is 0 Å². The second kappa shape index (κ2) is 7.21. The van der Waals surface area contributed by atoms with Crippen molar-refractivity contribution in [1.82, 2.24) is 9.80 Å². The number of benzene rings is 1. The zero-order chi connectivity index (χ0) is 14.5. The first kappa shape index (κ1) is 15.5. The zero-order valence-corrected chi connectivity index (χ0v) is 13.1. The lowest BCUT2D eigenvalue weighted by atomic mass is 9.90. The fraction of sp³-hybridized carbons (Fsp3) is 0.647.